The van der Waals surface area contributed by atoms with Crippen LogP contribution in [-0.4, -0.2) is 10.00 Å². The van der Waals surface area contributed by atoms with Crippen molar-refractivity contribution < 1.29 is 40.3 Å². The van der Waals surface area contributed by atoms with Gasteiger partial charge in [-0.15, -0.1) is 0 Å². The van der Waals surface area contributed by atoms with Crippen molar-refractivity contribution in [1.82, 2.24) is 0 Å². The van der Waals surface area contributed by atoms with Gasteiger partial charge in [-0.1, -0.05) is 0 Å². The van der Waals surface area contributed by atoms with Gasteiger partial charge in [-0.05, 0) is 12.1 Å². The van der Waals surface area contributed by atoms with E-state index in [2.05, 4.69) is 0 Å². The molecule has 2 N–H and O–H groups in total. The maximum absolute atomic E-state index is 12.5. The first kappa shape index (κ1) is 16.1. The molecule has 98 valence electrons. The summed E-state index contributed by atoms with van der Waals surface area (Å²) in [6, 6.07) is 0.575. The first-order valence-electron chi connectivity index (χ1n) is 3.62. The Morgan fingerprint density at radius 1 is 1.00 bits per heavy atom. The number of alkyl halides is 2. The molecule has 1 aromatic carbocycles. The summed E-state index contributed by atoms with van der Waals surface area (Å²) in [6.07, 6.45) is -4.52. The number of aliphatic hydroxyl groups is 1. The second kappa shape index (κ2) is 6.13. The van der Waals surface area contributed by atoms with E-state index in [1.807, 2.05) is 0 Å². The summed E-state index contributed by atoms with van der Waals surface area (Å²) in [4.78, 5) is 6.79. The lowest BCUT2D eigenvalue weighted by Gasteiger charge is -2.09. The molecule has 0 aromatic heterocycles. The summed E-state index contributed by atoms with van der Waals surface area (Å²) in [6.45, 7) is 0. The van der Waals surface area contributed by atoms with E-state index in [1.54, 1.807) is 0 Å². The van der Waals surface area contributed by atoms with Gasteiger partial charge in [0.1, 0.15) is 0 Å². The van der Waals surface area contributed by atoms with Crippen molar-refractivity contribution in [3.05, 3.63) is 35.1 Å². The minimum atomic E-state index is -4.52. The van der Waals surface area contributed by atoms with Crippen molar-refractivity contribution in [1.29, 1.82) is 0 Å². The zero-order chi connectivity index (χ0) is 13.8. The van der Waals surface area contributed by atoms with Crippen molar-refractivity contribution in [3.63, 3.8) is 0 Å². The molecular weight excluding hydrogens is 280 g/mol. The summed E-state index contributed by atoms with van der Waals surface area (Å²) in [5.74, 6) is -5.72. The fraction of sp³-hybridized carbons (Fsp3) is 0.143. The van der Waals surface area contributed by atoms with Gasteiger partial charge >= 0.3 is 14.9 Å². The molecule has 0 spiro atoms. The fourth-order valence-corrected chi connectivity index (χ4v) is 0.758. The first-order valence-corrected chi connectivity index (χ1v) is 4.69. The predicted molar refractivity (Wildman–Crippen MR) is 43.8 cm³/mol. The average molecular weight is 284 g/mol. The van der Waals surface area contributed by atoms with E-state index in [-0.39, 0.29) is 6.07 Å². The van der Waals surface area contributed by atoms with Gasteiger partial charge in [0.05, 0.1) is 5.56 Å². The van der Waals surface area contributed by atoms with Gasteiger partial charge in [-0.3, -0.25) is 0 Å². The van der Waals surface area contributed by atoms with Crippen LogP contribution in [0.5, 0.6) is 0 Å². The van der Waals surface area contributed by atoms with Crippen LogP contribution in [0.4, 0.5) is 30.3 Å². The van der Waals surface area contributed by atoms with Crippen LogP contribution in [0.3, 0.4) is 0 Å². The molecule has 0 heterocycles. The number of benzene rings is 1. The van der Waals surface area contributed by atoms with Gasteiger partial charge in [-0.25, -0.2) is 13.2 Å². The lowest BCUT2D eigenvalue weighted by Crippen LogP contribution is -2.15. The van der Waals surface area contributed by atoms with E-state index in [9.17, 15) is 30.3 Å². The molecule has 0 aliphatic carbocycles. The Kier molecular flexibility index (Phi) is 5.80. The van der Waals surface area contributed by atoms with Crippen LogP contribution in [0, 0.1) is 17.5 Å². The van der Waals surface area contributed by atoms with Crippen LogP contribution in [0.25, 0.3) is 0 Å². The number of rotatable bonds is 1. The third kappa shape index (κ3) is 5.29. The SMILES string of the molecule is OC(F)(F)c1ccc(F)c(F)c1F.OP(F)F. The predicted octanol–water partition coefficient (Wildman–Crippen LogP) is 3.29. The molecule has 17 heavy (non-hydrogen) atoms. The van der Waals surface area contributed by atoms with Crippen LogP contribution in [-0.2, 0) is 6.11 Å². The van der Waals surface area contributed by atoms with Crippen LogP contribution in [0.1, 0.15) is 5.56 Å². The number of hydrogen-bond donors (Lipinski definition) is 2. The normalized spacial score (nSPS) is 11.2. The third-order valence-electron chi connectivity index (χ3n) is 1.36. The molecule has 10 heteroatoms. The molecule has 0 bridgehead atoms. The van der Waals surface area contributed by atoms with Crippen LogP contribution in [0.15, 0.2) is 12.1 Å². The number of hydrogen-bond acceptors (Lipinski definition) is 2. The Morgan fingerprint density at radius 2 is 1.41 bits per heavy atom. The summed E-state index contributed by atoms with van der Waals surface area (Å²) < 4.78 is 81.1. The quantitative estimate of drug-likeness (QED) is 0.472. The highest BCUT2D eigenvalue weighted by Crippen LogP contribution is 2.31. The summed E-state index contributed by atoms with van der Waals surface area (Å²) >= 11 is 0. The maximum Gasteiger partial charge on any atom is 0.412 e. The van der Waals surface area contributed by atoms with Gasteiger partial charge in [0.2, 0.25) is 0 Å². The van der Waals surface area contributed by atoms with Gasteiger partial charge in [-0.2, -0.15) is 17.2 Å². The van der Waals surface area contributed by atoms with Crippen molar-refractivity contribution in [2.45, 2.75) is 6.11 Å². The zero-order valence-corrected chi connectivity index (χ0v) is 8.54. The molecule has 1 aromatic rings. The zero-order valence-electron chi connectivity index (χ0n) is 7.64. The largest absolute Gasteiger partial charge is 0.412 e. The van der Waals surface area contributed by atoms with E-state index in [0.29, 0.717) is 6.07 Å². The highest BCUT2D eigenvalue weighted by molar-refractivity contribution is 7.39. The molecule has 2 nitrogen and oxygen atoms in total. The average Bonchev–Trinajstić information content (AvgIpc) is 2.11. The number of halogens is 7. The topological polar surface area (TPSA) is 40.5 Å². The Hall–Kier alpha value is -0.920. The summed E-state index contributed by atoms with van der Waals surface area (Å²) in [5.41, 5.74) is -1.59. The summed E-state index contributed by atoms with van der Waals surface area (Å²) in [5, 5.41) is 8.02. The highest BCUT2D eigenvalue weighted by atomic mass is 31.2. The lowest BCUT2D eigenvalue weighted by atomic mass is 10.2. The Morgan fingerprint density at radius 3 is 1.76 bits per heavy atom. The lowest BCUT2D eigenvalue weighted by molar-refractivity contribution is -0.211. The van der Waals surface area contributed by atoms with Crippen molar-refractivity contribution >= 4 is 8.77 Å². The second-order valence-electron chi connectivity index (χ2n) is 2.48. The van der Waals surface area contributed by atoms with E-state index >= 15 is 0 Å². The molecule has 0 unspecified atom stereocenters. The van der Waals surface area contributed by atoms with E-state index < -0.39 is 37.9 Å². The van der Waals surface area contributed by atoms with Crippen molar-refractivity contribution in [3.8, 4) is 0 Å². The van der Waals surface area contributed by atoms with Crippen LogP contribution < -0.4 is 0 Å². The van der Waals surface area contributed by atoms with Gasteiger partial charge in [0, 0.05) is 0 Å². The Bertz CT molecular complexity index is 376. The minimum absolute atomic E-state index is 0.272. The van der Waals surface area contributed by atoms with Crippen molar-refractivity contribution in [2.24, 2.45) is 0 Å². The van der Waals surface area contributed by atoms with E-state index in [1.165, 1.54) is 0 Å². The Labute approximate surface area is 91.4 Å². The molecule has 0 amide bonds. The van der Waals surface area contributed by atoms with Gasteiger partial charge < -0.3 is 10.00 Å². The molecule has 0 aliphatic rings. The molecule has 0 radical (unpaired) electrons. The minimum Gasteiger partial charge on any atom is -0.332 e. The molecule has 0 atom stereocenters. The van der Waals surface area contributed by atoms with Crippen molar-refractivity contribution in [2.75, 3.05) is 0 Å². The van der Waals surface area contributed by atoms with E-state index in [4.69, 9.17) is 10.00 Å². The molecule has 0 saturated carbocycles. The molecule has 0 aliphatic heterocycles. The van der Waals surface area contributed by atoms with Crippen LogP contribution in [0.2, 0.25) is 0 Å². The highest BCUT2D eigenvalue weighted by Gasteiger charge is 2.33. The van der Waals surface area contributed by atoms with Crippen LogP contribution >= 0.6 is 8.77 Å². The first-order chi connectivity index (χ1) is 7.57. The third-order valence-corrected chi connectivity index (χ3v) is 1.36. The maximum atomic E-state index is 12.5. The molecular formula is C7H4F7O2P. The second-order valence-corrected chi connectivity index (χ2v) is 2.91. The standard InChI is InChI=1S/C7H3F5O.F2HOP/c8-4-2-1-3(7(11,12)13)5(9)6(4)10;1-4(2)3/h1-2,13H;3H. The monoisotopic (exact) mass is 284 g/mol. The molecule has 0 fully saturated rings. The van der Waals surface area contributed by atoms with Gasteiger partial charge in [0.15, 0.2) is 17.5 Å². The Balaban J connectivity index is 0.000000557. The summed E-state index contributed by atoms with van der Waals surface area (Å²) in [7, 11) is -3.62. The smallest absolute Gasteiger partial charge is 0.332 e. The van der Waals surface area contributed by atoms with Gasteiger partial charge in [0.25, 0.3) is 0 Å². The van der Waals surface area contributed by atoms with E-state index in [0.717, 1.165) is 0 Å². The molecule has 0 saturated heterocycles. The fourth-order valence-electron chi connectivity index (χ4n) is 0.758. The molecule has 1 rings (SSSR count).